The summed E-state index contributed by atoms with van der Waals surface area (Å²) in [6, 6.07) is 0. The molecule has 3 nitrogen and oxygen atoms in total. The zero-order chi connectivity index (χ0) is 7.07. The molecule has 0 aromatic carbocycles. The molecule has 0 aliphatic heterocycles. The van der Waals surface area contributed by atoms with Crippen LogP contribution in [0.5, 0.6) is 0 Å². The number of ketones is 1. The van der Waals surface area contributed by atoms with Crippen molar-refractivity contribution in [2.45, 2.75) is 25.9 Å². The number of ether oxygens (including phenoxy) is 1. The van der Waals surface area contributed by atoms with Gasteiger partial charge in [-0.2, -0.15) is 0 Å². The molecular formula is C6H8O3. The lowest BCUT2D eigenvalue weighted by atomic mass is 10.4. The molecule has 1 aliphatic rings. The van der Waals surface area contributed by atoms with Gasteiger partial charge in [0.1, 0.15) is 0 Å². The second-order valence-electron chi connectivity index (χ2n) is 2.42. The number of carbonyl (C=O) groups excluding carboxylic acids is 2. The molecule has 9 heavy (non-hydrogen) atoms. The molecule has 0 amide bonds. The smallest absolute Gasteiger partial charge is 0.303 e. The molecule has 1 atom stereocenters. The van der Waals surface area contributed by atoms with Gasteiger partial charge >= 0.3 is 5.97 Å². The van der Waals surface area contributed by atoms with Crippen LogP contribution in [-0.4, -0.2) is 17.4 Å². The number of Topliss-reactive ketones (excluding diaryl/α,β-unsaturated/α-hetero) is 1. The number of hydrogen-bond donors (Lipinski definition) is 0. The maximum absolute atomic E-state index is 10.5. The molecule has 0 N–H and O–H groups in total. The van der Waals surface area contributed by atoms with Crippen LogP contribution >= 0.6 is 0 Å². The SMILES string of the molecule is CC(=O)OC1(C)CC1=O. The van der Waals surface area contributed by atoms with Crippen molar-refractivity contribution in [3.05, 3.63) is 0 Å². The van der Waals surface area contributed by atoms with Crippen LogP contribution in [0, 0.1) is 0 Å². The summed E-state index contributed by atoms with van der Waals surface area (Å²) in [4.78, 5) is 20.7. The van der Waals surface area contributed by atoms with Gasteiger partial charge in [-0.3, -0.25) is 9.59 Å². The molecule has 1 fully saturated rings. The van der Waals surface area contributed by atoms with Crippen molar-refractivity contribution in [3.63, 3.8) is 0 Å². The normalized spacial score (nSPS) is 32.0. The molecule has 1 saturated carbocycles. The quantitative estimate of drug-likeness (QED) is 0.476. The summed E-state index contributed by atoms with van der Waals surface area (Å²) in [5.74, 6) is -0.374. The summed E-state index contributed by atoms with van der Waals surface area (Å²) in [5.41, 5.74) is -0.758. The number of rotatable bonds is 1. The minimum atomic E-state index is -0.758. The molecule has 0 aromatic rings. The summed E-state index contributed by atoms with van der Waals surface area (Å²) in [6.07, 6.45) is 0.382. The predicted molar refractivity (Wildman–Crippen MR) is 29.8 cm³/mol. The van der Waals surface area contributed by atoms with Gasteiger partial charge in [0.05, 0.1) is 6.42 Å². The van der Waals surface area contributed by atoms with Gasteiger partial charge in [0.2, 0.25) is 0 Å². The topological polar surface area (TPSA) is 43.4 Å². The van der Waals surface area contributed by atoms with Crippen LogP contribution in [0.15, 0.2) is 0 Å². The van der Waals surface area contributed by atoms with Crippen LogP contribution < -0.4 is 0 Å². The van der Waals surface area contributed by atoms with Crippen molar-refractivity contribution in [3.8, 4) is 0 Å². The maximum Gasteiger partial charge on any atom is 0.303 e. The number of esters is 1. The summed E-state index contributed by atoms with van der Waals surface area (Å²) in [5, 5.41) is 0. The first-order valence-electron chi connectivity index (χ1n) is 2.77. The molecule has 1 rings (SSSR count). The molecular weight excluding hydrogens is 120 g/mol. The van der Waals surface area contributed by atoms with Gasteiger partial charge in [-0.05, 0) is 6.92 Å². The van der Waals surface area contributed by atoms with E-state index >= 15 is 0 Å². The molecule has 0 aromatic heterocycles. The minimum absolute atomic E-state index is 0.0118. The number of hydrogen-bond acceptors (Lipinski definition) is 3. The lowest BCUT2D eigenvalue weighted by molar-refractivity contribution is -0.149. The highest BCUT2D eigenvalue weighted by molar-refractivity contribution is 6.04. The second kappa shape index (κ2) is 1.56. The third kappa shape index (κ3) is 1.09. The van der Waals surface area contributed by atoms with E-state index in [1.807, 2.05) is 0 Å². The zero-order valence-corrected chi connectivity index (χ0v) is 5.43. The fraction of sp³-hybridized carbons (Fsp3) is 0.667. The minimum Gasteiger partial charge on any atom is -0.451 e. The van der Waals surface area contributed by atoms with Crippen molar-refractivity contribution in [2.24, 2.45) is 0 Å². The van der Waals surface area contributed by atoms with Crippen LogP contribution in [0.25, 0.3) is 0 Å². The van der Waals surface area contributed by atoms with Crippen LogP contribution in [0.4, 0.5) is 0 Å². The van der Waals surface area contributed by atoms with Gasteiger partial charge in [-0.25, -0.2) is 0 Å². The molecule has 0 saturated heterocycles. The monoisotopic (exact) mass is 128 g/mol. The van der Waals surface area contributed by atoms with Crippen LogP contribution in [0.2, 0.25) is 0 Å². The van der Waals surface area contributed by atoms with Crippen LogP contribution in [0.3, 0.4) is 0 Å². The Hall–Kier alpha value is -0.860. The third-order valence-electron chi connectivity index (χ3n) is 1.33. The van der Waals surface area contributed by atoms with Gasteiger partial charge in [-0.15, -0.1) is 0 Å². The Morgan fingerprint density at radius 1 is 1.78 bits per heavy atom. The highest BCUT2D eigenvalue weighted by Gasteiger charge is 2.52. The average Bonchev–Trinajstić information content (AvgIpc) is 2.10. The molecule has 0 heterocycles. The van der Waals surface area contributed by atoms with Crippen molar-refractivity contribution < 1.29 is 14.3 Å². The molecule has 0 spiro atoms. The summed E-state index contributed by atoms with van der Waals surface area (Å²) in [7, 11) is 0. The lowest BCUT2D eigenvalue weighted by Gasteiger charge is -2.04. The van der Waals surface area contributed by atoms with E-state index in [0.717, 1.165) is 0 Å². The Labute approximate surface area is 53.0 Å². The van der Waals surface area contributed by atoms with Crippen molar-refractivity contribution in [1.82, 2.24) is 0 Å². The van der Waals surface area contributed by atoms with Gasteiger partial charge in [0, 0.05) is 6.92 Å². The zero-order valence-electron chi connectivity index (χ0n) is 5.43. The van der Waals surface area contributed by atoms with Gasteiger partial charge in [0.25, 0.3) is 0 Å². The molecule has 1 unspecified atom stereocenters. The first-order valence-corrected chi connectivity index (χ1v) is 2.77. The summed E-state index contributed by atoms with van der Waals surface area (Å²) >= 11 is 0. The van der Waals surface area contributed by atoms with Gasteiger partial charge in [0.15, 0.2) is 11.4 Å². The highest BCUT2D eigenvalue weighted by Crippen LogP contribution is 2.33. The van der Waals surface area contributed by atoms with E-state index in [9.17, 15) is 9.59 Å². The summed E-state index contributed by atoms with van der Waals surface area (Å²) < 4.78 is 4.67. The first-order chi connectivity index (χ1) is 4.04. The predicted octanol–water partition coefficient (Wildman–Crippen LogP) is 0.281. The Balaban J connectivity index is 2.46. The number of carbonyl (C=O) groups is 2. The van der Waals surface area contributed by atoms with E-state index in [2.05, 4.69) is 4.74 Å². The Morgan fingerprint density at radius 2 is 2.22 bits per heavy atom. The first kappa shape index (κ1) is 6.26. The average molecular weight is 128 g/mol. The molecule has 0 bridgehead atoms. The van der Waals surface area contributed by atoms with E-state index in [-0.39, 0.29) is 11.8 Å². The van der Waals surface area contributed by atoms with Crippen molar-refractivity contribution in [2.75, 3.05) is 0 Å². The second-order valence-corrected chi connectivity index (χ2v) is 2.42. The molecule has 1 aliphatic carbocycles. The fourth-order valence-electron chi connectivity index (χ4n) is 0.672. The van der Waals surface area contributed by atoms with E-state index in [1.54, 1.807) is 6.92 Å². The Bertz CT molecular complexity index is 173. The molecule has 3 heteroatoms. The van der Waals surface area contributed by atoms with Gasteiger partial charge in [-0.1, -0.05) is 0 Å². The van der Waals surface area contributed by atoms with Crippen LogP contribution in [-0.2, 0) is 14.3 Å². The molecule has 50 valence electrons. The lowest BCUT2D eigenvalue weighted by Crippen LogP contribution is -2.15. The fourth-order valence-corrected chi connectivity index (χ4v) is 0.672. The van der Waals surface area contributed by atoms with Crippen molar-refractivity contribution in [1.29, 1.82) is 0 Å². The van der Waals surface area contributed by atoms with E-state index < -0.39 is 5.60 Å². The van der Waals surface area contributed by atoms with Crippen LogP contribution in [0.1, 0.15) is 20.3 Å². The highest BCUT2D eigenvalue weighted by atomic mass is 16.6. The largest absolute Gasteiger partial charge is 0.451 e. The maximum atomic E-state index is 10.5. The van der Waals surface area contributed by atoms with E-state index in [4.69, 9.17) is 0 Å². The Kier molecular flexibility index (Phi) is 1.08. The standard InChI is InChI=1S/C6H8O3/c1-4(7)9-6(2)3-5(6)8/h3H2,1-2H3. The Morgan fingerprint density at radius 3 is 2.33 bits per heavy atom. The van der Waals surface area contributed by atoms with E-state index in [0.29, 0.717) is 6.42 Å². The summed E-state index contributed by atoms with van der Waals surface area (Å²) in [6.45, 7) is 2.92. The third-order valence-corrected chi connectivity index (χ3v) is 1.33. The van der Waals surface area contributed by atoms with Gasteiger partial charge < -0.3 is 4.74 Å². The van der Waals surface area contributed by atoms with Crippen molar-refractivity contribution >= 4 is 11.8 Å². The van der Waals surface area contributed by atoms with E-state index in [1.165, 1.54) is 6.92 Å². The molecule has 0 radical (unpaired) electrons.